The van der Waals surface area contributed by atoms with Gasteiger partial charge in [0, 0.05) is 17.6 Å². The van der Waals surface area contributed by atoms with Crippen LogP contribution in [0, 0.1) is 0 Å². The van der Waals surface area contributed by atoms with E-state index in [0.717, 1.165) is 0 Å². The zero-order valence-electron chi connectivity index (χ0n) is 8.82. The molecule has 0 N–H and O–H groups in total. The highest BCUT2D eigenvalue weighted by atomic mass is 32.2. The van der Waals surface area contributed by atoms with Gasteiger partial charge in [-0.05, 0) is 19.4 Å². The third-order valence-electron chi connectivity index (χ3n) is 2.76. The molecule has 0 aromatic heterocycles. The minimum Gasteiger partial charge on any atom is -0.361 e. The summed E-state index contributed by atoms with van der Waals surface area (Å²) in [4.78, 5) is 3.77. The zero-order valence-corrected chi connectivity index (χ0v) is 9.64. The number of hydrogen-bond donors (Lipinski definition) is 0. The summed E-state index contributed by atoms with van der Waals surface area (Å²) in [6, 6.07) is 10.7. The van der Waals surface area contributed by atoms with Gasteiger partial charge in [-0.25, -0.2) is 0 Å². The molecule has 2 heteroatoms. The van der Waals surface area contributed by atoms with Gasteiger partial charge in [-0.15, -0.1) is 0 Å². The topological polar surface area (TPSA) is 3.24 Å². The first-order chi connectivity index (χ1) is 6.70. The second-order valence-corrected chi connectivity index (χ2v) is 4.93. The quantitative estimate of drug-likeness (QED) is 0.689. The molecule has 0 saturated heterocycles. The lowest BCUT2D eigenvalue weighted by Crippen LogP contribution is -2.15. The lowest BCUT2D eigenvalue weighted by molar-refractivity contribution is 0.411. The molecule has 1 aliphatic rings. The molecule has 1 heterocycles. The first-order valence-electron chi connectivity index (χ1n) is 4.82. The SMILES string of the molecule is CC1=C(C)N(C)C(c2ccccc2)S1. The number of nitrogens with zero attached hydrogens (tertiary/aromatic N) is 1. The van der Waals surface area contributed by atoms with Crippen LogP contribution in [0.2, 0.25) is 0 Å². The monoisotopic (exact) mass is 205 g/mol. The third kappa shape index (κ3) is 1.55. The largest absolute Gasteiger partial charge is 0.361 e. The van der Waals surface area contributed by atoms with Gasteiger partial charge in [-0.2, -0.15) is 0 Å². The van der Waals surface area contributed by atoms with Crippen molar-refractivity contribution in [3.05, 3.63) is 46.5 Å². The highest BCUT2D eigenvalue weighted by Crippen LogP contribution is 2.45. The van der Waals surface area contributed by atoms with Crippen molar-refractivity contribution in [3.8, 4) is 0 Å². The van der Waals surface area contributed by atoms with Gasteiger partial charge in [0.15, 0.2) is 0 Å². The van der Waals surface area contributed by atoms with Crippen molar-refractivity contribution in [2.45, 2.75) is 19.2 Å². The van der Waals surface area contributed by atoms with E-state index in [4.69, 9.17) is 0 Å². The van der Waals surface area contributed by atoms with E-state index in [9.17, 15) is 0 Å². The molecule has 1 aliphatic heterocycles. The van der Waals surface area contributed by atoms with Gasteiger partial charge >= 0.3 is 0 Å². The second kappa shape index (κ2) is 3.70. The van der Waals surface area contributed by atoms with Gasteiger partial charge in [0.05, 0.1) is 0 Å². The van der Waals surface area contributed by atoms with Crippen molar-refractivity contribution in [3.63, 3.8) is 0 Å². The lowest BCUT2D eigenvalue weighted by atomic mass is 10.2. The average Bonchev–Trinajstić information content (AvgIpc) is 2.47. The van der Waals surface area contributed by atoms with Crippen molar-refractivity contribution < 1.29 is 0 Å². The Morgan fingerprint density at radius 2 is 1.79 bits per heavy atom. The van der Waals surface area contributed by atoms with E-state index >= 15 is 0 Å². The summed E-state index contributed by atoms with van der Waals surface area (Å²) in [5, 5.41) is 0.469. The highest BCUT2D eigenvalue weighted by Gasteiger charge is 2.25. The van der Waals surface area contributed by atoms with Crippen molar-refractivity contribution in [2.75, 3.05) is 7.05 Å². The maximum Gasteiger partial charge on any atom is 0.104 e. The van der Waals surface area contributed by atoms with E-state index in [1.807, 2.05) is 11.8 Å². The van der Waals surface area contributed by atoms with Crippen LogP contribution in [0.15, 0.2) is 40.9 Å². The molecule has 14 heavy (non-hydrogen) atoms. The van der Waals surface area contributed by atoms with E-state index in [2.05, 4.69) is 56.1 Å². The van der Waals surface area contributed by atoms with Crippen LogP contribution < -0.4 is 0 Å². The van der Waals surface area contributed by atoms with Crippen LogP contribution in [0.25, 0.3) is 0 Å². The number of rotatable bonds is 1. The Hall–Kier alpha value is -0.890. The fraction of sp³-hybridized carbons (Fsp3) is 0.333. The van der Waals surface area contributed by atoms with Gasteiger partial charge in [0.25, 0.3) is 0 Å². The highest BCUT2D eigenvalue weighted by molar-refractivity contribution is 8.03. The van der Waals surface area contributed by atoms with E-state index in [-0.39, 0.29) is 0 Å². The smallest absolute Gasteiger partial charge is 0.104 e. The number of benzene rings is 1. The van der Waals surface area contributed by atoms with Crippen LogP contribution in [-0.4, -0.2) is 11.9 Å². The molecule has 0 spiro atoms. The average molecular weight is 205 g/mol. The normalized spacial score (nSPS) is 21.9. The van der Waals surface area contributed by atoms with Crippen LogP contribution in [0.4, 0.5) is 0 Å². The van der Waals surface area contributed by atoms with Crippen molar-refractivity contribution in [2.24, 2.45) is 0 Å². The molecular weight excluding hydrogens is 190 g/mol. The minimum atomic E-state index is 0.469. The Labute approximate surface area is 89.8 Å². The van der Waals surface area contributed by atoms with Crippen LogP contribution in [0.1, 0.15) is 24.8 Å². The summed E-state index contributed by atoms with van der Waals surface area (Å²) in [6.45, 7) is 4.38. The number of thioether (sulfide) groups is 1. The van der Waals surface area contributed by atoms with Crippen LogP contribution in [0.5, 0.6) is 0 Å². The lowest BCUT2D eigenvalue weighted by Gasteiger charge is -2.22. The summed E-state index contributed by atoms with van der Waals surface area (Å²) in [6.07, 6.45) is 0. The molecule has 1 nitrogen and oxygen atoms in total. The predicted octanol–water partition coefficient (Wildman–Crippen LogP) is 3.62. The molecule has 0 bridgehead atoms. The first kappa shape index (κ1) is 9.66. The summed E-state index contributed by atoms with van der Waals surface area (Å²) in [5.41, 5.74) is 2.78. The van der Waals surface area contributed by atoms with Gasteiger partial charge < -0.3 is 4.90 Å². The molecule has 0 amide bonds. The van der Waals surface area contributed by atoms with Gasteiger partial charge in [0.2, 0.25) is 0 Å². The molecular formula is C12H15NS. The number of hydrogen-bond acceptors (Lipinski definition) is 2. The van der Waals surface area contributed by atoms with Crippen LogP contribution >= 0.6 is 11.8 Å². The van der Waals surface area contributed by atoms with Crippen LogP contribution in [0.3, 0.4) is 0 Å². The summed E-state index contributed by atoms with van der Waals surface area (Å²) < 4.78 is 0. The second-order valence-electron chi connectivity index (χ2n) is 3.63. The fourth-order valence-corrected chi connectivity index (χ4v) is 2.92. The van der Waals surface area contributed by atoms with Crippen molar-refractivity contribution in [1.29, 1.82) is 0 Å². The molecule has 2 rings (SSSR count). The Balaban J connectivity index is 2.25. The first-order valence-corrected chi connectivity index (χ1v) is 5.70. The van der Waals surface area contributed by atoms with Crippen molar-refractivity contribution >= 4 is 11.8 Å². The van der Waals surface area contributed by atoms with Crippen LogP contribution in [-0.2, 0) is 0 Å². The molecule has 0 radical (unpaired) electrons. The molecule has 0 fully saturated rings. The maximum absolute atomic E-state index is 2.34. The summed E-state index contributed by atoms with van der Waals surface area (Å²) >= 11 is 1.94. The summed E-state index contributed by atoms with van der Waals surface area (Å²) in [7, 11) is 2.16. The molecule has 1 atom stereocenters. The Bertz CT molecular complexity index is 356. The molecule has 1 aromatic rings. The molecule has 1 unspecified atom stereocenters. The Morgan fingerprint density at radius 1 is 1.14 bits per heavy atom. The summed E-state index contributed by atoms with van der Waals surface area (Å²) in [5.74, 6) is 0. The molecule has 0 saturated carbocycles. The standard InChI is InChI=1S/C12H15NS/c1-9-10(2)14-12(13(9)3)11-7-5-4-6-8-11/h4-8,12H,1-3H3. The van der Waals surface area contributed by atoms with Gasteiger partial charge in [-0.1, -0.05) is 42.1 Å². The van der Waals surface area contributed by atoms with E-state index in [0.29, 0.717) is 5.37 Å². The van der Waals surface area contributed by atoms with Gasteiger partial charge in [0.1, 0.15) is 5.37 Å². The van der Waals surface area contributed by atoms with E-state index in [1.54, 1.807) is 0 Å². The zero-order chi connectivity index (χ0) is 10.1. The molecule has 74 valence electrons. The fourth-order valence-electron chi connectivity index (χ4n) is 1.67. The Kier molecular flexibility index (Phi) is 2.55. The third-order valence-corrected chi connectivity index (χ3v) is 4.22. The van der Waals surface area contributed by atoms with E-state index < -0.39 is 0 Å². The van der Waals surface area contributed by atoms with Crippen molar-refractivity contribution in [1.82, 2.24) is 4.90 Å². The maximum atomic E-state index is 2.34. The number of allylic oxidation sites excluding steroid dienone is 2. The predicted molar refractivity (Wildman–Crippen MR) is 62.9 cm³/mol. The molecule has 0 aliphatic carbocycles. The van der Waals surface area contributed by atoms with E-state index in [1.165, 1.54) is 16.2 Å². The Morgan fingerprint density at radius 3 is 2.29 bits per heavy atom. The van der Waals surface area contributed by atoms with Gasteiger partial charge in [-0.3, -0.25) is 0 Å². The molecule has 1 aromatic carbocycles. The minimum absolute atomic E-state index is 0.469.